The molecular formula is C13H24O4. The summed E-state index contributed by atoms with van der Waals surface area (Å²) >= 11 is 0. The first-order valence-corrected chi connectivity index (χ1v) is 6.28. The van der Waals surface area contributed by atoms with Gasteiger partial charge in [0.25, 0.3) is 0 Å². The minimum Gasteiger partial charge on any atom is -0.460 e. The topological polar surface area (TPSA) is 55.8 Å². The largest absolute Gasteiger partial charge is 0.460 e. The van der Waals surface area contributed by atoms with Crippen LogP contribution in [0.25, 0.3) is 0 Å². The highest BCUT2D eigenvalue weighted by molar-refractivity contribution is 5.69. The van der Waals surface area contributed by atoms with Crippen molar-refractivity contribution in [1.29, 1.82) is 0 Å². The van der Waals surface area contributed by atoms with Crippen molar-refractivity contribution in [3.63, 3.8) is 0 Å². The first-order chi connectivity index (χ1) is 7.83. The smallest absolute Gasteiger partial charge is 0.308 e. The monoisotopic (exact) mass is 244 g/mol. The van der Waals surface area contributed by atoms with Crippen molar-refractivity contribution in [3.05, 3.63) is 0 Å². The van der Waals surface area contributed by atoms with E-state index in [0.29, 0.717) is 18.4 Å². The van der Waals surface area contributed by atoms with Gasteiger partial charge in [0.1, 0.15) is 5.60 Å². The van der Waals surface area contributed by atoms with Crippen molar-refractivity contribution in [1.82, 2.24) is 0 Å². The van der Waals surface area contributed by atoms with E-state index in [1.807, 2.05) is 27.7 Å². The number of rotatable bonds is 6. The fourth-order valence-electron chi connectivity index (χ4n) is 1.90. The predicted molar refractivity (Wildman–Crippen MR) is 64.6 cm³/mol. The molecule has 0 heterocycles. The molecule has 0 radical (unpaired) electrons. The minimum absolute atomic E-state index is 0.120. The van der Waals surface area contributed by atoms with E-state index in [1.165, 1.54) is 0 Å². The molecule has 1 N–H and O–H groups in total. The van der Waals surface area contributed by atoms with Gasteiger partial charge in [-0.1, -0.05) is 0 Å². The molecule has 0 spiro atoms. The second-order valence-corrected chi connectivity index (χ2v) is 5.75. The summed E-state index contributed by atoms with van der Waals surface area (Å²) < 4.78 is 10.8. The van der Waals surface area contributed by atoms with Crippen molar-refractivity contribution < 1.29 is 19.4 Å². The van der Waals surface area contributed by atoms with Crippen molar-refractivity contribution in [2.45, 2.75) is 52.2 Å². The molecule has 0 aromatic rings. The van der Waals surface area contributed by atoms with Gasteiger partial charge in [-0.15, -0.1) is 0 Å². The van der Waals surface area contributed by atoms with E-state index in [4.69, 9.17) is 14.6 Å². The number of hydrogen-bond acceptors (Lipinski definition) is 4. The normalized spacial score (nSPS) is 25.5. The Labute approximate surface area is 103 Å². The van der Waals surface area contributed by atoms with E-state index >= 15 is 0 Å². The van der Waals surface area contributed by atoms with E-state index in [0.717, 1.165) is 6.42 Å². The van der Waals surface area contributed by atoms with E-state index in [2.05, 4.69) is 0 Å². The number of carbonyl (C=O) groups is 1. The Morgan fingerprint density at radius 1 is 1.47 bits per heavy atom. The maximum Gasteiger partial charge on any atom is 0.308 e. The molecular weight excluding hydrogens is 220 g/mol. The molecule has 1 aliphatic rings. The summed E-state index contributed by atoms with van der Waals surface area (Å²) in [4.78, 5) is 11.4. The Balaban J connectivity index is 2.09. The van der Waals surface area contributed by atoms with Crippen molar-refractivity contribution >= 4 is 5.97 Å². The molecule has 1 saturated carbocycles. The molecule has 17 heavy (non-hydrogen) atoms. The van der Waals surface area contributed by atoms with Gasteiger partial charge in [0.15, 0.2) is 0 Å². The Kier molecular flexibility index (Phi) is 4.95. The minimum atomic E-state index is -0.429. The summed E-state index contributed by atoms with van der Waals surface area (Å²) in [7, 11) is 0. The first kappa shape index (κ1) is 14.5. The molecule has 0 aromatic heterocycles. The average Bonchev–Trinajstić information content (AvgIpc) is 2.93. The van der Waals surface area contributed by atoms with Crippen LogP contribution in [0, 0.1) is 11.8 Å². The average molecular weight is 244 g/mol. The van der Waals surface area contributed by atoms with Crippen molar-refractivity contribution in [2.75, 3.05) is 13.2 Å². The number of ether oxygens (including phenoxy) is 2. The third-order valence-electron chi connectivity index (χ3n) is 2.92. The van der Waals surface area contributed by atoms with Crippen LogP contribution in [0.15, 0.2) is 0 Å². The van der Waals surface area contributed by atoms with Crippen LogP contribution >= 0.6 is 0 Å². The molecule has 0 bridgehead atoms. The second kappa shape index (κ2) is 5.83. The molecule has 1 fully saturated rings. The van der Waals surface area contributed by atoms with Crippen LogP contribution in [0.2, 0.25) is 0 Å². The SMILES string of the molecule is CC(OCCC(=O)OC(C)(C)C)C1CC1CO. The van der Waals surface area contributed by atoms with Gasteiger partial charge in [0, 0.05) is 6.61 Å². The molecule has 1 aliphatic carbocycles. The number of hydrogen-bond donors (Lipinski definition) is 1. The summed E-state index contributed by atoms with van der Waals surface area (Å²) in [5, 5.41) is 8.94. The maximum absolute atomic E-state index is 11.4. The quantitative estimate of drug-likeness (QED) is 0.723. The maximum atomic E-state index is 11.4. The fourth-order valence-corrected chi connectivity index (χ4v) is 1.90. The Morgan fingerprint density at radius 2 is 2.12 bits per heavy atom. The zero-order valence-corrected chi connectivity index (χ0v) is 11.2. The van der Waals surface area contributed by atoms with Gasteiger partial charge in [-0.2, -0.15) is 0 Å². The fraction of sp³-hybridized carbons (Fsp3) is 0.923. The summed E-state index contributed by atoms with van der Waals surface area (Å²) in [6.45, 7) is 8.18. The third kappa shape index (κ3) is 5.50. The van der Waals surface area contributed by atoms with E-state index in [9.17, 15) is 4.79 Å². The lowest BCUT2D eigenvalue weighted by Crippen LogP contribution is -2.25. The van der Waals surface area contributed by atoms with Gasteiger partial charge in [-0.05, 0) is 46.0 Å². The highest BCUT2D eigenvalue weighted by Gasteiger charge is 2.40. The summed E-state index contributed by atoms with van der Waals surface area (Å²) in [5.41, 5.74) is -0.429. The van der Waals surface area contributed by atoms with Crippen molar-refractivity contribution in [3.8, 4) is 0 Å². The van der Waals surface area contributed by atoms with Gasteiger partial charge in [0.2, 0.25) is 0 Å². The lowest BCUT2D eigenvalue weighted by atomic mass is 10.2. The van der Waals surface area contributed by atoms with Gasteiger partial charge in [-0.25, -0.2) is 0 Å². The third-order valence-corrected chi connectivity index (χ3v) is 2.92. The van der Waals surface area contributed by atoms with Crippen molar-refractivity contribution in [2.24, 2.45) is 11.8 Å². The van der Waals surface area contributed by atoms with Crippen LogP contribution in [0.3, 0.4) is 0 Å². The van der Waals surface area contributed by atoms with Gasteiger partial charge in [0.05, 0.1) is 19.1 Å². The molecule has 0 amide bonds. The lowest BCUT2D eigenvalue weighted by molar-refractivity contribution is -0.156. The molecule has 100 valence electrons. The highest BCUT2D eigenvalue weighted by Crippen LogP contribution is 2.41. The Morgan fingerprint density at radius 3 is 2.59 bits per heavy atom. The molecule has 1 rings (SSSR count). The number of esters is 1. The molecule has 0 saturated heterocycles. The summed E-state index contributed by atoms with van der Waals surface area (Å²) in [5.74, 6) is 0.629. The Bertz CT molecular complexity index is 257. The molecule has 0 aromatic carbocycles. The lowest BCUT2D eigenvalue weighted by Gasteiger charge is -2.20. The highest BCUT2D eigenvalue weighted by atomic mass is 16.6. The molecule has 0 aliphatic heterocycles. The standard InChI is InChI=1S/C13H24O4/c1-9(11-7-10(11)8-14)16-6-5-12(15)17-13(2,3)4/h9-11,14H,5-8H2,1-4H3. The van der Waals surface area contributed by atoms with E-state index in [1.54, 1.807) is 0 Å². The first-order valence-electron chi connectivity index (χ1n) is 6.28. The Hall–Kier alpha value is -0.610. The van der Waals surface area contributed by atoms with Crippen LogP contribution in [0.1, 0.15) is 40.5 Å². The molecule has 3 unspecified atom stereocenters. The van der Waals surface area contributed by atoms with Gasteiger partial charge >= 0.3 is 5.97 Å². The van der Waals surface area contributed by atoms with Crippen LogP contribution in [-0.4, -0.2) is 36.0 Å². The van der Waals surface area contributed by atoms with Crippen LogP contribution in [0.4, 0.5) is 0 Å². The number of carbonyl (C=O) groups excluding carboxylic acids is 1. The zero-order chi connectivity index (χ0) is 13.1. The zero-order valence-electron chi connectivity index (χ0n) is 11.2. The predicted octanol–water partition coefficient (Wildman–Crippen LogP) is 1.75. The van der Waals surface area contributed by atoms with E-state index in [-0.39, 0.29) is 25.1 Å². The summed E-state index contributed by atoms with van der Waals surface area (Å²) in [6.07, 6.45) is 1.44. The number of aliphatic hydroxyl groups is 1. The van der Waals surface area contributed by atoms with Gasteiger partial charge in [-0.3, -0.25) is 4.79 Å². The molecule has 4 heteroatoms. The molecule has 3 atom stereocenters. The second-order valence-electron chi connectivity index (χ2n) is 5.75. The summed E-state index contributed by atoms with van der Waals surface area (Å²) in [6, 6.07) is 0. The number of aliphatic hydroxyl groups excluding tert-OH is 1. The van der Waals surface area contributed by atoms with E-state index < -0.39 is 5.60 Å². The molecule has 4 nitrogen and oxygen atoms in total. The van der Waals surface area contributed by atoms with Crippen LogP contribution < -0.4 is 0 Å². The van der Waals surface area contributed by atoms with Crippen LogP contribution in [0.5, 0.6) is 0 Å². The van der Waals surface area contributed by atoms with Crippen LogP contribution in [-0.2, 0) is 14.3 Å². The van der Waals surface area contributed by atoms with Gasteiger partial charge < -0.3 is 14.6 Å².